The van der Waals surface area contributed by atoms with Crippen LogP contribution in [0.3, 0.4) is 0 Å². The van der Waals surface area contributed by atoms with Crippen molar-refractivity contribution in [1.82, 2.24) is 10.3 Å². The van der Waals surface area contributed by atoms with Crippen LogP contribution in [0.1, 0.15) is 39.1 Å². The van der Waals surface area contributed by atoms with Crippen LogP contribution in [0.5, 0.6) is 0 Å². The van der Waals surface area contributed by atoms with E-state index >= 15 is 0 Å². The number of hydrogen-bond acceptors (Lipinski definition) is 3. The molecular weight excluding hydrogens is 216 g/mol. The summed E-state index contributed by atoms with van der Waals surface area (Å²) in [7, 11) is 0. The van der Waals surface area contributed by atoms with Crippen molar-refractivity contribution in [2.45, 2.75) is 40.5 Å². The molecule has 1 unspecified atom stereocenters. The Kier molecular flexibility index (Phi) is 5.42. The van der Waals surface area contributed by atoms with Crippen molar-refractivity contribution in [2.24, 2.45) is 11.3 Å². The van der Waals surface area contributed by atoms with E-state index in [-0.39, 0.29) is 0 Å². The molecule has 0 fully saturated rings. The van der Waals surface area contributed by atoms with Gasteiger partial charge in [0.2, 0.25) is 0 Å². The van der Waals surface area contributed by atoms with Crippen LogP contribution in [0, 0.1) is 11.3 Å². The van der Waals surface area contributed by atoms with Crippen molar-refractivity contribution in [1.29, 1.82) is 0 Å². The molecule has 2 nitrogen and oxygen atoms in total. The van der Waals surface area contributed by atoms with E-state index in [1.54, 1.807) is 11.3 Å². The summed E-state index contributed by atoms with van der Waals surface area (Å²) in [5.41, 5.74) is 0.340. The summed E-state index contributed by atoms with van der Waals surface area (Å²) in [6.45, 7) is 11.4. The Labute approximate surface area is 103 Å². The fraction of sp³-hybridized carbons (Fsp3) is 0.769. The van der Waals surface area contributed by atoms with Gasteiger partial charge in [-0.15, -0.1) is 11.3 Å². The quantitative estimate of drug-likeness (QED) is 0.771. The molecule has 0 aliphatic carbocycles. The number of aromatic nitrogens is 1. The molecule has 16 heavy (non-hydrogen) atoms. The smallest absolute Gasteiger partial charge is 0.0928 e. The Balaban J connectivity index is 2.51. The summed E-state index contributed by atoms with van der Waals surface area (Å²) in [5, 5.41) is 6.86. The normalized spacial score (nSPS) is 14.0. The van der Waals surface area contributed by atoms with E-state index in [1.807, 2.05) is 6.20 Å². The van der Waals surface area contributed by atoms with E-state index in [0.717, 1.165) is 19.5 Å². The van der Waals surface area contributed by atoms with Gasteiger partial charge in [0.05, 0.1) is 5.01 Å². The van der Waals surface area contributed by atoms with Gasteiger partial charge in [0, 0.05) is 18.0 Å². The second-order valence-corrected chi connectivity index (χ2v) is 6.38. The van der Waals surface area contributed by atoms with Crippen molar-refractivity contribution in [3.63, 3.8) is 0 Å². The molecule has 0 amide bonds. The molecule has 0 aliphatic heterocycles. The molecule has 0 saturated carbocycles. The maximum Gasteiger partial charge on any atom is 0.0928 e. The SMILES string of the molecule is CCCNCC(Cc1nccs1)C(C)(C)C. The average molecular weight is 240 g/mol. The van der Waals surface area contributed by atoms with Gasteiger partial charge in [-0.25, -0.2) is 4.98 Å². The maximum absolute atomic E-state index is 4.39. The number of thiazole rings is 1. The van der Waals surface area contributed by atoms with E-state index in [4.69, 9.17) is 0 Å². The zero-order valence-corrected chi connectivity index (χ0v) is 11.7. The van der Waals surface area contributed by atoms with Crippen LogP contribution >= 0.6 is 11.3 Å². The molecule has 0 bridgehead atoms. The summed E-state index contributed by atoms with van der Waals surface area (Å²) in [6.07, 6.45) is 4.20. The third kappa shape index (κ3) is 4.62. The lowest BCUT2D eigenvalue weighted by atomic mass is 9.79. The number of rotatable bonds is 6. The maximum atomic E-state index is 4.39. The van der Waals surface area contributed by atoms with Gasteiger partial charge < -0.3 is 5.32 Å². The van der Waals surface area contributed by atoms with Gasteiger partial charge in [0.15, 0.2) is 0 Å². The molecule has 0 spiro atoms. The fourth-order valence-corrected chi connectivity index (χ4v) is 2.40. The minimum Gasteiger partial charge on any atom is -0.316 e. The molecule has 1 N–H and O–H groups in total. The molecular formula is C13H24N2S. The second kappa shape index (κ2) is 6.36. The number of nitrogens with zero attached hydrogens (tertiary/aromatic N) is 1. The van der Waals surface area contributed by atoms with Crippen LogP contribution in [0.2, 0.25) is 0 Å². The predicted molar refractivity (Wildman–Crippen MR) is 71.9 cm³/mol. The minimum atomic E-state index is 0.340. The Hall–Kier alpha value is -0.410. The molecule has 1 aromatic rings. The van der Waals surface area contributed by atoms with E-state index < -0.39 is 0 Å². The topological polar surface area (TPSA) is 24.9 Å². The van der Waals surface area contributed by atoms with Gasteiger partial charge in [0.1, 0.15) is 0 Å². The van der Waals surface area contributed by atoms with Gasteiger partial charge in [0.25, 0.3) is 0 Å². The minimum absolute atomic E-state index is 0.340. The highest BCUT2D eigenvalue weighted by Gasteiger charge is 2.25. The monoisotopic (exact) mass is 240 g/mol. The first kappa shape index (κ1) is 13.7. The van der Waals surface area contributed by atoms with Crippen molar-refractivity contribution in [2.75, 3.05) is 13.1 Å². The standard InChI is InChI=1S/C13H24N2S/c1-5-6-14-10-11(13(2,3)4)9-12-15-7-8-16-12/h7-8,11,14H,5-6,9-10H2,1-4H3. The van der Waals surface area contributed by atoms with Crippen molar-refractivity contribution in [3.8, 4) is 0 Å². The van der Waals surface area contributed by atoms with Gasteiger partial charge in [-0.1, -0.05) is 27.7 Å². The summed E-state index contributed by atoms with van der Waals surface area (Å²) < 4.78 is 0. The number of nitrogens with one attached hydrogen (secondary N) is 1. The van der Waals surface area contributed by atoms with E-state index in [0.29, 0.717) is 11.3 Å². The third-order valence-corrected chi connectivity index (χ3v) is 3.75. The van der Waals surface area contributed by atoms with Gasteiger partial charge >= 0.3 is 0 Å². The highest BCUT2D eigenvalue weighted by molar-refractivity contribution is 7.09. The first-order valence-corrected chi connectivity index (χ1v) is 7.01. The molecule has 3 heteroatoms. The molecule has 1 rings (SSSR count). The third-order valence-electron chi connectivity index (χ3n) is 2.95. The summed E-state index contributed by atoms with van der Waals surface area (Å²) in [6, 6.07) is 0. The van der Waals surface area contributed by atoms with Gasteiger partial charge in [-0.05, 0) is 30.8 Å². The fourth-order valence-electron chi connectivity index (χ4n) is 1.70. The highest BCUT2D eigenvalue weighted by atomic mass is 32.1. The molecule has 1 heterocycles. The predicted octanol–water partition coefficient (Wildman–Crippen LogP) is 3.35. The van der Waals surface area contributed by atoms with Crippen molar-refractivity contribution >= 4 is 11.3 Å². The summed E-state index contributed by atoms with van der Waals surface area (Å²) in [5.74, 6) is 0.658. The van der Waals surface area contributed by atoms with Crippen LogP contribution in [-0.4, -0.2) is 18.1 Å². The van der Waals surface area contributed by atoms with Gasteiger partial charge in [-0.3, -0.25) is 0 Å². The Morgan fingerprint density at radius 1 is 1.44 bits per heavy atom. The van der Waals surface area contributed by atoms with E-state index in [9.17, 15) is 0 Å². The van der Waals surface area contributed by atoms with Crippen LogP contribution < -0.4 is 5.32 Å². The lowest BCUT2D eigenvalue weighted by Gasteiger charge is -2.30. The Morgan fingerprint density at radius 3 is 2.69 bits per heavy atom. The highest BCUT2D eigenvalue weighted by Crippen LogP contribution is 2.29. The van der Waals surface area contributed by atoms with Crippen LogP contribution in [0.4, 0.5) is 0 Å². The lowest BCUT2D eigenvalue weighted by molar-refractivity contribution is 0.231. The summed E-state index contributed by atoms with van der Waals surface area (Å²) >= 11 is 1.77. The van der Waals surface area contributed by atoms with Crippen LogP contribution in [-0.2, 0) is 6.42 Å². The molecule has 0 aromatic carbocycles. The van der Waals surface area contributed by atoms with E-state index in [1.165, 1.54) is 11.4 Å². The first-order valence-electron chi connectivity index (χ1n) is 6.13. The largest absolute Gasteiger partial charge is 0.316 e. The summed E-state index contributed by atoms with van der Waals surface area (Å²) in [4.78, 5) is 4.39. The zero-order chi connectivity index (χ0) is 12.0. The van der Waals surface area contributed by atoms with Crippen molar-refractivity contribution < 1.29 is 0 Å². The average Bonchev–Trinajstić information content (AvgIpc) is 2.67. The molecule has 0 saturated heterocycles. The molecule has 0 radical (unpaired) electrons. The first-order chi connectivity index (χ1) is 7.54. The Morgan fingerprint density at radius 2 is 2.19 bits per heavy atom. The Bertz CT molecular complexity index is 275. The van der Waals surface area contributed by atoms with Gasteiger partial charge in [-0.2, -0.15) is 0 Å². The lowest BCUT2D eigenvalue weighted by Crippen LogP contribution is -2.33. The van der Waals surface area contributed by atoms with E-state index in [2.05, 4.69) is 43.4 Å². The second-order valence-electron chi connectivity index (χ2n) is 5.40. The van der Waals surface area contributed by atoms with Crippen LogP contribution in [0.25, 0.3) is 0 Å². The molecule has 0 aliphatic rings. The van der Waals surface area contributed by atoms with Crippen LogP contribution in [0.15, 0.2) is 11.6 Å². The molecule has 1 atom stereocenters. The molecule has 1 aromatic heterocycles. The molecule has 92 valence electrons. The number of hydrogen-bond donors (Lipinski definition) is 1. The zero-order valence-electron chi connectivity index (χ0n) is 10.9. The van der Waals surface area contributed by atoms with Crippen molar-refractivity contribution in [3.05, 3.63) is 16.6 Å².